The van der Waals surface area contributed by atoms with Crippen molar-refractivity contribution in [3.63, 3.8) is 0 Å². The number of benzene rings is 2. The fraction of sp³-hybridized carbons (Fsp3) is 0. The second-order valence-corrected chi connectivity index (χ2v) is 5.33. The number of hydrogen-bond acceptors (Lipinski definition) is 5. The van der Waals surface area contributed by atoms with E-state index in [0.29, 0.717) is 27.7 Å². The molecular weight excluding hydrogens is 310 g/mol. The molecule has 118 valence electrons. The van der Waals surface area contributed by atoms with Gasteiger partial charge in [0.15, 0.2) is 0 Å². The van der Waals surface area contributed by atoms with Crippen molar-refractivity contribution in [2.75, 3.05) is 5.73 Å². The highest BCUT2D eigenvalue weighted by molar-refractivity contribution is 6.02. The first-order valence-corrected chi connectivity index (χ1v) is 7.12. The standard InChI is InChI=1S/C17H11N3O4/c18-10-5-6-12-13(8-10)20(17(23)19-12)15(21)11-7-9-3-1-2-4-14(9)24-16(11)22/h1-8H,18H2,(H,19,23). The van der Waals surface area contributed by atoms with E-state index in [4.69, 9.17) is 10.2 Å². The van der Waals surface area contributed by atoms with Gasteiger partial charge in [0.1, 0.15) is 11.1 Å². The molecule has 0 aliphatic heterocycles. The summed E-state index contributed by atoms with van der Waals surface area (Å²) >= 11 is 0. The van der Waals surface area contributed by atoms with E-state index in [0.717, 1.165) is 4.57 Å². The normalized spacial score (nSPS) is 11.2. The number of H-pyrrole nitrogens is 1. The van der Waals surface area contributed by atoms with Crippen molar-refractivity contribution >= 4 is 33.6 Å². The zero-order valence-electron chi connectivity index (χ0n) is 12.3. The summed E-state index contributed by atoms with van der Waals surface area (Å²) in [6, 6.07) is 12.9. The average Bonchev–Trinajstić information content (AvgIpc) is 2.88. The lowest BCUT2D eigenvalue weighted by Crippen LogP contribution is -2.28. The molecule has 2 aromatic heterocycles. The Kier molecular flexibility index (Phi) is 2.89. The van der Waals surface area contributed by atoms with Gasteiger partial charge in [0.05, 0.1) is 11.0 Å². The number of nitrogen functional groups attached to an aromatic ring is 1. The molecule has 7 heteroatoms. The Labute approximate surface area is 133 Å². The number of para-hydroxylation sites is 1. The fourth-order valence-corrected chi connectivity index (χ4v) is 2.65. The Morgan fingerprint density at radius 1 is 1.08 bits per heavy atom. The van der Waals surface area contributed by atoms with E-state index in [-0.39, 0.29) is 5.56 Å². The van der Waals surface area contributed by atoms with E-state index >= 15 is 0 Å². The first-order valence-electron chi connectivity index (χ1n) is 7.12. The van der Waals surface area contributed by atoms with E-state index in [1.165, 1.54) is 12.1 Å². The number of hydrogen-bond donors (Lipinski definition) is 2. The van der Waals surface area contributed by atoms with Crippen LogP contribution < -0.4 is 17.0 Å². The number of nitrogens with zero attached hydrogens (tertiary/aromatic N) is 1. The minimum atomic E-state index is -0.802. The van der Waals surface area contributed by atoms with Crippen molar-refractivity contribution in [2.24, 2.45) is 0 Å². The lowest BCUT2D eigenvalue weighted by Gasteiger charge is -2.03. The van der Waals surface area contributed by atoms with Gasteiger partial charge in [-0.3, -0.25) is 4.79 Å². The average molecular weight is 321 g/mol. The maximum Gasteiger partial charge on any atom is 0.349 e. The fourth-order valence-electron chi connectivity index (χ4n) is 2.65. The molecule has 2 aromatic carbocycles. The predicted molar refractivity (Wildman–Crippen MR) is 89.2 cm³/mol. The molecule has 0 spiro atoms. The highest BCUT2D eigenvalue weighted by Gasteiger charge is 2.20. The summed E-state index contributed by atoms with van der Waals surface area (Å²) < 4.78 is 6.04. The molecular formula is C17H11N3O4. The van der Waals surface area contributed by atoms with Crippen LogP contribution in [-0.2, 0) is 0 Å². The molecule has 0 fully saturated rings. The van der Waals surface area contributed by atoms with Crippen molar-refractivity contribution in [3.05, 3.63) is 75.0 Å². The maximum absolute atomic E-state index is 12.8. The molecule has 4 rings (SSSR count). The number of carbonyl (C=O) groups is 1. The van der Waals surface area contributed by atoms with Crippen LogP contribution in [0.3, 0.4) is 0 Å². The summed E-state index contributed by atoms with van der Waals surface area (Å²) in [5.74, 6) is -0.767. The summed E-state index contributed by atoms with van der Waals surface area (Å²) in [6.45, 7) is 0. The predicted octanol–water partition coefficient (Wildman–Crippen LogP) is 1.71. The van der Waals surface area contributed by atoms with Crippen LogP contribution in [0, 0.1) is 0 Å². The van der Waals surface area contributed by atoms with E-state index in [1.807, 2.05) is 0 Å². The molecule has 0 saturated carbocycles. The van der Waals surface area contributed by atoms with Crippen LogP contribution in [0.5, 0.6) is 0 Å². The Bertz CT molecular complexity index is 1230. The molecule has 0 unspecified atom stereocenters. The molecule has 0 atom stereocenters. The van der Waals surface area contributed by atoms with Gasteiger partial charge in [0.25, 0.3) is 5.91 Å². The van der Waals surface area contributed by atoms with Crippen LogP contribution in [0.1, 0.15) is 10.4 Å². The molecule has 0 aliphatic rings. The third-order valence-corrected chi connectivity index (χ3v) is 3.78. The van der Waals surface area contributed by atoms with Gasteiger partial charge in [-0.15, -0.1) is 0 Å². The Morgan fingerprint density at radius 3 is 2.71 bits per heavy atom. The van der Waals surface area contributed by atoms with Crippen molar-refractivity contribution in [1.82, 2.24) is 9.55 Å². The lowest BCUT2D eigenvalue weighted by molar-refractivity contribution is 0.0957. The number of carbonyl (C=O) groups excluding carboxylic acids is 1. The third kappa shape index (κ3) is 2.03. The Hall–Kier alpha value is -3.61. The third-order valence-electron chi connectivity index (χ3n) is 3.78. The van der Waals surface area contributed by atoms with E-state index in [2.05, 4.69) is 4.98 Å². The molecule has 0 amide bonds. The summed E-state index contributed by atoms with van der Waals surface area (Å²) in [6.07, 6.45) is 0. The highest BCUT2D eigenvalue weighted by atomic mass is 16.4. The monoisotopic (exact) mass is 321 g/mol. The van der Waals surface area contributed by atoms with Gasteiger partial charge in [0.2, 0.25) is 0 Å². The van der Waals surface area contributed by atoms with Crippen LogP contribution in [0.15, 0.2) is 62.5 Å². The Balaban J connectivity index is 1.99. The zero-order valence-corrected chi connectivity index (χ0v) is 12.3. The van der Waals surface area contributed by atoms with Gasteiger partial charge >= 0.3 is 11.3 Å². The molecule has 0 bridgehead atoms. The molecule has 0 aliphatic carbocycles. The Morgan fingerprint density at radius 2 is 1.88 bits per heavy atom. The van der Waals surface area contributed by atoms with Crippen LogP contribution >= 0.6 is 0 Å². The lowest BCUT2D eigenvalue weighted by atomic mass is 10.1. The first kappa shape index (κ1) is 14.0. The van der Waals surface area contributed by atoms with Gasteiger partial charge in [0, 0.05) is 11.1 Å². The van der Waals surface area contributed by atoms with Gasteiger partial charge in [-0.05, 0) is 30.3 Å². The van der Waals surface area contributed by atoms with E-state index in [1.54, 1.807) is 36.4 Å². The van der Waals surface area contributed by atoms with E-state index < -0.39 is 17.2 Å². The molecule has 0 radical (unpaired) electrons. The summed E-state index contributed by atoms with van der Waals surface area (Å²) in [7, 11) is 0. The van der Waals surface area contributed by atoms with Crippen LogP contribution in [0.4, 0.5) is 5.69 Å². The molecule has 7 nitrogen and oxygen atoms in total. The molecule has 0 saturated heterocycles. The first-order chi connectivity index (χ1) is 11.5. The number of aromatic amines is 1. The number of nitrogens with one attached hydrogen (secondary N) is 1. The molecule has 2 heterocycles. The van der Waals surface area contributed by atoms with Crippen molar-refractivity contribution in [2.45, 2.75) is 0 Å². The van der Waals surface area contributed by atoms with Crippen LogP contribution in [0.2, 0.25) is 0 Å². The number of imidazole rings is 1. The van der Waals surface area contributed by atoms with Crippen molar-refractivity contribution in [3.8, 4) is 0 Å². The maximum atomic E-state index is 12.8. The van der Waals surface area contributed by atoms with Crippen LogP contribution in [0.25, 0.3) is 22.0 Å². The minimum absolute atomic E-state index is 0.223. The molecule has 4 aromatic rings. The quantitative estimate of drug-likeness (QED) is 0.409. The second kappa shape index (κ2) is 4.95. The van der Waals surface area contributed by atoms with Gasteiger partial charge in [-0.2, -0.15) is 0 Å². The number of nitrogens with two attached hydrogens (primary N) is 1. The zero-order chi connectivity index (χ0) is 16.8. The molecule has 3 N–H and O–H groups in total. The van der Waals surface area contributed by atoms with Crippen molar-refractivity contribution in [1.29, 1.82) is 0 Å². The minimum Gasteiger partial charge on any atom is -0.422 e. The second-order valence-electron chi connectivity index (χ2n) is 5.33. The van der Waals surface area contributed by atoms with Crippen molar-refractivity contribution < 1.29 is 9.21 Å². The summed E-state index contributed by atoms with van der Waals surface area (Å²) in [5, 5.41) is 0.591. The highest BCUT2D eigenvalue weighted by Crippen LogP contribution is 2.17. The number of aromatic nitrogens is 2. The summed E-state index contributed by atoms with van der Waals surface area (Å²) in [4.78, 5) is 39.6. The number of anilines is 1. The largest absolute Gasteiger partial charge is 0.422 e. The van der Waals surface area contributed by atoms with Gasteiger partial charge in [-0.25, -0.2) is 14.2 Å². The van der Waals surface area contributed by atoms with Crippen LogP contribution in [-0.4, -0.2) is 15.5 Å². The summed E-state index contributed by atoms with van der Waals surface area (Å²) in [5.41, 5.74) is 5.58. The smallest absolute Gasteiger partial charge is 0.349 e. The van der Waals surface area contributed by atoms with Gasteiger partial charge < -0.3 is 15.1 Å². The number of rotatable bonds is 1. The topological polar surface area (TPSA) is 111 Å². The van der Waals surface area contributed by atoms with Gasteiger partial charge in [-0.1, -0.05) is 18.2 Å². The van der Waals surface area contributed by atoms with E-state index in [9.17, 15) is 14.4 Å². The molecule has 24 heavy (non-hydrogen) atoms. The number of fused-ring (bicyclic) bond motifs is 2. The SMILES string of the molecule is Nc1ccc2[nH]c(=O)n(C(=O)c3cc4ccccc4oc3=O)c2c1.